The molecule has 4 radical (unpaired) electrons. The summed E-state index contributed by atoms with van der Waals surface area (Å²) < 4.78 is 0. The van der Waals surface area contributed by atoms with Crippen LogP contribution in [0, 0.1) is 13.8 Å². The van der Waals surface area contributed by atoms with Crippen LogP contribution in [0.3, 0.4) is 0 Å². The van der Waals surface area contributed by atoms with Crippen molar-refractivity contribution in [2.75, 3.05) is 0 Å². The van der Waals surface area contributed by atoms with Gasteiger partial charge in [-0.3, -0.25) is 0 Å². The molecule has 0 spiro atoms. The second-order valence-corrected chi connectivity index (χ2v) is 9.61. The van der Waals surface area contributed by atoms with Crippen LogP contribution in [0.5, 0.6) is 0 Å². The molecule has 0 rings (SSSR count). The number of carboxylic acids is 2. The number of carbonyl (C=O) groups excluding carboxylic acids is 2. The van der Waals surface area contributed by atoms with Crippen molar-refractivity contribution >= 4 is 35.8 Å². The minimum absolute atomic E-state index is 0. The maximum atomic E-state index is 9.92. The first-order chi connectivity index (χ1) is 17.4. The molecule has 0 aliphatic heterocycles. The number of rotatable bonds is 22. The molecule has 0 heterocycles. The zero-order chi connectivity index (χ0) is 28.1. The molecule has 0 aromatic heterocycles. The Morgan fingerprint density at radius 1 is 0.432 bits per heavy atom. The summed E-state index contributed by atoms with van der Waals surface area (Å²) in [6.45, 7) is 16.3. The number of unbranched alkanes of at least 4 members (excludes halogenated alkanes) is 18. The van der Waals surface area contributed by atoms with Gasteiger partial charge in [-0.15, -0.1) is 0 Å². The Balaban J connectivity index is -0.000000123. The van der Waals surface area contributed by atoms with Crippen molar-refractivity contribution in [3.8, 4) is 0 Å². The molecule has 0 fully saturated rings. The predicted molar refractivity (Wildman–Crippen MR) is 160 cm³/mol. The first-order valence-corrected chi connectivity index (χ1v) is 15.4. The summed E-state index contributed by atoms with van der Waals surface area (Å²) in [5.74, 6) is -1.84. The van der Waals surface area contributed by atoms with E-state index in [-0.39, 0.29) is 36.7 Å². The third-order valence-electron chi connectivity index (χ3n) is 5.68. The zero-order valence-corrected chi connectivity index (χ0v) is 28.4. The molecule has 0 aromatic rings. The standard InChI is InChI=1S/2C8H16O2.2C8H17.Sn/c2*1-2-3-4-5-6-7-8(9)10;2*1-3-5-7-8-6-4-2;/h2*2-7H2,1H3,(H,9,10);2*1,3-8H2,2H3;/q;;;;+2/p-2. The predicted octanol–water partition coefficient (Wildman–Crippen LogP) is 8.17. The Labute approximate surface area is 250 Å². The summed E-state index contributed by atoms with van der Waals surface area (Å²) in [5.41, 5.74) is 0. The summed E-state index contributed by atoms with van der Waals surface area (Å²) in [6.07, 6.45) is 27.2. The molecule has 0 aliphatic rings. The number of carbonyl (C=O) groups is 2. The van der Waals surface area contributed by atoms with E-state index in [1.165, 1.54) is 89.9 Å². The molecule has 4 nitrogen and oxygen atoms in total. The molecule has 0 amide bonds. The van der Waals surface area contributed by atoms with Gasteiger partial charge in [0.05, 0.1) is 0 Å². The van der Waals surface area contributed by atoms with Gasteiger partial charge in [-0.25, -0.2) is 0 Å². The van der Waals surface area contributed by atoms with E-state index in [0.29, 0.717) is 0 Å². The second kappa shape index (κ2) is 48.8. The smallest absolute Gasteiger partial charge is 0.550 e. The summed E-state index contributed by atoms with van der Waals surface area (Å²) in [5, 5.41) is 19.8. The van der Waals surface area contributed by atoms with E-state index in [2.05, 4.69) is 41.5 Å². The van der Waals surface area contributed by atoms with Crippen LogP contribution in [0.25, 0.3) is 0 Å². The van der Waals surface area contributed by atoms with E-state index >= 15 is 0 Å². The number of hydrogen-bond donors (Lipinski definition) is 0. The fourth-order valence-corrected chi connectivity index (χ4v) is 3.31. The summed E-state index contributed by atoms with van der Waals surface area (Å²) in [6, 6.07) is 0. The molecule has 5 heteroatoms. The second-order valence-electron chi connectivity index (χ2n) is 9.61. The maximum Gasteiger partial charge on any atom is 2.00 e. The van der Waals surface area contributed by atoms with E-state index in [0.717, 1.165) is 51.4 Å². The average molecular weight is 632 g/mol. The Kier molecular flexibility index (Phi) is 61.4. The minimum atomic E-state index is -0.920. The van der Waals surface area contributed by atoms with Gasteiger partial charge in [0.1, 0.15) is 0 Å². The number of hydrogen-bond acceptors (Lipinski definition) is 4. The van der Waals surface area contributed by atoms with Gasteiger partial charge in [-0.1, -0.05) is 170 Å². The van der Waals surface area contributed by atoms with Crippen LogP contribution in [-0.4, -0.2) is 35.8 Å². The summed E-state index contributed by atoms with van der Waals surface area (Å²) in [4.78, 5) is 19.8. The van der Waals surface area contributed by atoms with Crippen molar-refractivity contribution in [3.63, 3.8) is 0 Å². The molecule has 37 heavy (non-hydrogen) atoms. The Morgan fingerprint density at radius 2 is 0.649 bits per heavy atom. The van der Waals surface area contributed by atoms with E-state index in [1.54, 1.807) is 0 Å². The fourth-order valence-electron chi connectivity index (χ4n) is 3.31. The third kappa shape index (κ3) is 72.2. The van der Waals surface area contributed by atoms with Crippen molar-refractivity contribution in [1.82, 2.24) is 0 Å². The largest absolute Gasteiger partial charge is 2.00 e. The van der Waals surface area contributed by atoms with Crippen LogP contribution in [-0.2, 0) is 9.59 Å². The topological polar surface area (TPSA) is 80.3 Å². The molecule has 0 aliphatic carbocycles. The fraction of sp³-hybridized carbons (Fsp3) is 0.875. The third-order valence-corrected chi connectivity index (χ3v) is 5.68. The van der Waals surface area contributed by atoms with Crippen molar-refractivity contribution in [1.29, 1.82) is 0 Å². The molecule has 0 saturated carbocycles. The number of aliphatic carboxylic acids is 2. The molecular formula is C32H64O4Sn. The van der Waals surface area contributed by atoms with Gasteiger partial charge in [-0.2, -0.15) is 0 Å². The first-order valence-electron chi connectivity index (χ1n) is 15.4. The zero-order valence-electron chi connectivity index (χ0n) is 25.5. The summed E-state index contributed by atoms with van der Waals surface area (Å²) >= 11 is 0. The van der Waals surface area contributed by atoms with Crippen molar-refractivity contribution < 1.29 is 19.8 Å². The minimum Gasteiger partial charge on any atom is -0.550 e. The van der Waals surface area contributed by atoms with E-state index in [9.17, 15) is 19.8 Å². The molecule has 220 valence electrons. The molecule has 0 unspecified atom stereocenters. The Morgan fingerprint density at radius 3 is 0.838 bits per heavy atom. The maximum absolute atomic E-state index is 9.92. The number of carboxylic acid groups (broad SMARTS) is 2. The van der Waals surface area contributed by atoms with Crippen molar-refractivity contribution in [2.24, 2.45) is 0 Å². The van der Waals surface area contributed by atoms with Gasteiger partial charge in [0, 0.05) is 11.9 Å². The Hall–Kier alpha value is -0.261. The van der Waals surface area contributed by atoms with E-state index in [1.807, 2.05) is 0 Å². The first kappa shape index (κ1) is 46.6. The molecule has 0 atom stereocenters. The van der Waals surface area contributed by atoms with Gasteiger partial charge in [0.2, 0.25) is 0 Å². The van der Waals surface area contributed by atoms with Crippen molar-refractivity contribution in [2.45, 2.75) is 182 Å². The Bertz CT molecular complexity index is 341. The van der Waals surface area contributed by atoms with Crippen LogP contribution >= 0.6 is 0 Å². The van der Waals surface area contributed by atoms with Gasteiger partial charge in [0.25, 0.3) is 0 Å². The van der Waals surface area contributed by atoms with Crippen molar-refractivity contribution in [3.05, 3.63) is 13.8 Å². The van der Waals surface area contributed by atoms with Gasteiger partial charge >= 0.3 is 23.9 Å². The average Bonchev–Trinajstić information content (AvgIpc) is 2.85. The van der Waals surface area contributed by atoms with E-state index < -0.39 is 11.9 Å². The van der Waals surface area contributed by atoms with Crippen LogP contribution < -0.4 is 10.2 Å². The summed E-state index contributed by atoms with van der Waals surface area (Å²) in [7, 11) is 0. The normalized spacial score (nSPS) is 9.46. The quantitative estimate of drug-likeness (QED) is 0.0892. The molecule has 0 bridgehead atoms. The van der Waals surface area contributed by atoms with E-state index in [4.69, 9.17) is 0 Å². The molecule has 0 aromatic carbocycles. The van der Waals surface area contributed by atoms with Crippen LogP contribution in [0.4, 0.5) is 0 Å². The van der Waals surface area contributed by atoms with Crippen LogP contribution in [0.15, 0.2) is 0 Å². The van der Waals surface area contributed by atoms with Gasteiger partial charge < -0.3 is 19.8 Å². The van der Waals surface area contributed by atoms with Crippen LogP contribution in [0.1, 0.15) is 182 Å². The van der Waals surface area contributed by atoms with Crippen LogP contribution in [0.2, 0.25) is 0 Å². The molecule has 0 saturated heterocycles. The molecular weight excluding hydrogens is 567 g/mol. The molecule has 0 N–H and O–H groups in total. The van der Waals surface area contributed by atoms with Gasteiger partial charge in [-0.05, 0) is 25.7 Å². The van der Waals surface area contributed by atoms with Gasteiger partial charge in [0.15, 0.2) is 0 Å². The monoisotopic (exact) mass is 632 g/mol. The SMILES string of the molecule is CCCCCCCC(=O)[O-].CCCCCCCC(=O)[O-].[CH2]CCCCCCC.[CH2]CCCCCCC.[Sn+2].